The lowest BCUT2D eigenvalue weighted by Crippen LogP contribution is -2.38. The van der Waals surface area contributed by atoms with Crippen LogP contribution in [0.3, 0.4) is 0 Å². The number of hydrogen-bond acceptors (Lipinski definition) is 3. The Morgan fingerprint density at radius 2 is 2.17 bits per heavy atom. The molecule has 0 aliphatic carbocycles. The van der Waals surface area contributed by atoms with E-state index in [9.17, 15) is 4.79 Å². The fraction of sp³-hybridized carbons (Fsp3) is 0.583. The summed E-state index contributed by atoms with van der Waals surface area (Å²) in [5.41, 5.74) is 0. The van der Waals surface area contributed by atoms with E-state index in [4.69, 9.17) is 0 Å². The van der Waals surface area contributed by atoms with Gasteiger partial charge < -0.3 is 10.2 Å². The molecule has 2 rings (SSSR count). The average Bonchev–Trinajstić information content (AvgIpc) is 2.75. The number of carbonyl (C=O) groups is 1. The molecule has 1 aliphatic heterocycles. The number of nitrogens with one attached hydrogen (secondary N) is 1. The van der Waals surface area contributed by atoms with Crippen molar-refractivity contribution in [1.82, 2.24) is 10.2 Å². The van der Waals surface area contributed by atoms with E-state index in [1.54, 1.807) is 11.3 Å². The zero-order valence-corrected chi connectivity index (χ0v) is 13.5. The molecule has 1 aromatic rings. The molecule has 0 atom stereocenters. The lowest BCUT2D eigenvalue weighted by Gasteiger charge is -2.26. The summed E-state index contributed by atoms with van der Waals surface area (Å²) in [4.78, 5) is 15.3. The summed E-state index contributed by atoms with van der Waals surface area (Å²) in [6, 6.07) is 4.10. The van der Waals surface area contributed by atoms with E-state index in [0.717, 1.165) is 36.3 Å². The van der Waals surface area contributed by atoms with Gasteiger partial charge in [-0.3, -0.25) is 4.79 Å². The SMILES string of the molecule is CN(Cc1ccc(Br)s1)C(=O)C1CCNCC1.Cl. The summed E-state index contributed by atoms with van der Waals surface area (Å²) in [5, 5.41) is 3.29. The molecule has 1 aliphatic rings. The Hall–Kier alpha value is -0.100. The van der Waals surface area contributed by atoms with Crippen LogP contribution in [0.15, 0.2) is 15.9 Å². The first kappa shape index (κ1) is 16.0. The fourth-order valence-corrected chi connectivity index (χ4v) is 3.67. The Bertz CT molecular complexity index is 393. The van der Waals surface area contributed by atoms with Gasteiger partial charge in [0.1, 0.15) is 0 Å². The molecule has 1 N–H and O–H groups in total. The van der Waals surface area contributed by atoms with Crippen molar-refractivity contribution in [1.29, 1.82) is 0 Å². The minimum absolute atomic E-state index is 0. The maximum atomic E-state index is 12.2. The molecule has 102 valence electrons. The molecule has 0 radical (unpaired) electrons. The van der Waals surface area contributed by atoms with Crippen LogP contribution < -0.4 is 5.32 Å². The minimum atomic E-state index is 0. The number of thiophene rings is 1. The highest BCUT2D eigenvalue weighted by molar-refractivity contribution is 9.11. The molecule has 1 amide bonds. The van der Waals surface area contributed by atoms with Gasteiger partial charge in [-0.1, -0.05) is 0 Å². The summed E-state index contributed by atoms with van der Waals surface area (Å²) >= 11 is 5.13. The summed E-state index contributed by atoms with van der Waals surface area (Å²) in [6.45, 7) is 2.66. The van der Waals surface area contributed by atoms with Crippen LogP contribution in [0.25, 0.3) is 0 Å². The van der Waals surface area contributed by atoms with Gasteiger partial charge in [0.15, 0.2) is 0 Å². The van der Waals surface area contributed by atoms with Gasteiger partial charge in [0, 0.05) is 17.8 Å². The molecule has 3 nitrogen and oxygen atoms in total. The van der Waals surface area contributed by atoms with Crippen LogP contribution in [0.5, 0.6) is 0 Å². The normalized spacial score (nSPS) is 16.1. The molecule has 6 heteroatoms. The molecular formula is C12H18BrClN2OS. The summed E-state index contributed by atoms with van der Waals surface area (Å²) in [5.74, 6) is 0.501. The van der Waals surface area contributed by atoms with E-state index < -0.39 is 0 Å². The molecule has 2 heterocycles. The van der Waals surface area contributed by atoms with Crippen LogP contribution >= 0.6 is 39.7 Å². The second kappa shape index (κ2) is 7.48. The van der Waals surface area contributed by atoms with Crippen molar-refractivity contribution in [3.8, 4) is 0 Å². The van der Waals surface area contributed by atoms with E-state index in [2.05, 4.69) is 27.3 Å². The number of hydrogen-bond donors (Lipinski definition) is 1. The number of halogens is 2. The molecule has 1 saturated heterocycles. The number of rotatable bonds is 3. The zero-order valence-electron chi connectivity index (χ0n) is 10.3. The molecule has 0 bridgehead atoms. The first-order valence-corrected chi connectivity index (χ1v) is 7.47. The molecule has 0 aromatic carbocycles. The lowest BCUT2D eigenvalue weighted by molar-refractivity contribution is -0.135. The van der Waals surface area contributed by atoms with Gasteiger partial charge in [-0.15, -0.1) is 23.7 Å². The second-order valence-corrected chi connectivity index (χ2v) is 6.97. The third kappa shape index (κ3) is 4.23. The van der Waals surface area contributed by atoms with E-state index in [-0.39, 0.29) is 24.2 Å². The summed E-state index contributed by atoms with van der Waals surface area (Å²) < 4.78 is 1.12. The van der Waals surface area contributed by atoms with Crippen LogP contribution in [-0.2, 0) is 11.3 Å². The zero-order chi connectivity index (χ0) is 12.3. The Morgan fingerprint density at radius 3 is 2.72 bits per heavy atom. The van der Waals surface area contributed by atoms with E-state index in [1.807, 2.05) is 18.0 Å². The van der Waals surface area contributed by atoms with Gasteiger partial charge in [-0.05, 0) is 54.0 Å². The van der Waals surface area contributed by atoms with Crippen LogP contribution in [-0.4, -0.2) is 30.9 Å². The van der Waals surface area contributed by atoms with Crippen molar-refractivity contribution in [2.24, 2.45) is 5.92 Å². The highest BCUT2D eigenvalue weighted by Crippen LogP contribution is 2.24. The topological polar surface area (TPSA) is 32.3 Å². The smallest absolute Gasteiger partial charge is 0.225 e. The highest BCUT2D eigenvalue weighted by atomic mass is 79.9. The Labute approximate surface area is 126 Å². The van der Waals surface area contributed by atoms with Crippen molar-refractivity contribution < 1.29 is 4.79 Å². The molecule has 0 saturated carbocycles. The summed E-state index contributed by atoms with van der Waals surface area (Å²) in [6.07, 6.45) is 1.94. The van der Waals surface area contributed by atoms with Crippen LogP contribution in [0.1, 0.15) is 17.7 Å². The first-order chi connectivity index (χ1) is 8.16. The van der Waals surface area contributed by atoms with Crippen molar-refractivity contribution in [3.05, 3.63) is 20.8 Å². The second-order valence-electron chi connectivity index (χ2n) is 4.42. The Kier molecular flexibility index (Phi) is 6.63. The minimum Gasteiger partial charge on any atom is -0.340 e. The van der Waals surface area contributed by atoms with Gasteiger partial charge in [-0.2, -0.15) is 0 Å². The van der Waals surface area contributed by atoms with Gasteiger partial charge in [0.05, 0.1) is 10.3 Å². The predicted molar refractivity (Wildman–Crippen MR) is 81.3 cm³/mol. The summed E-state index contributed by atoms with van der Waals surface area (Å²) in [7, 11) is 1.90. The van der Waals surface area contributed by atoms with Crippen molar-refractivity contribution in [3.63, 3.8) is 0 Å². The lowest BCUT2D eigenvalue weighted by atomic mass is 9.97. The van der Waals surface area contributed by atoms with Crippen LogP contribution in [0, 0.1) is 5.92 Å². The van der Waals surface area contributed by atoms with Gasteiger partial charge in [0.2, 0.25) is 5.91 Å². The maximum Gasteiger partial charge on any atom is 0.225 e. The molecule has 0 spiro atoms. The number of piperidine rings is 1. The predicted octanol–water partition coefficient (Wildman–Crippen LogP) is 2.89. The van der Waals surface area contributed by atoms with Crippen LogP contribution in [0.4, 0.5) is 0 Å². The Balaban J connectivity index is 0.00000162. The largest absolute Gasteiger partial charge is 0.340 e. The molecule has 0 unspecified atom stereocenters. The molecule has 18 heavy (non-hydrogen) atoms. The van der Waals surface area contributed by atoms with Crippen molar-refractivity contribution >= 4 is 45.6 Å². The number of nitrogens with zero attached hydrogens (tertiary/aromatic N) is 1. The van der Waals surface area contributed by atoms with Crippen molar-refractivity contribution in [2.75, 3.05) is 20.1 Å². The monoisotopic (exact) mass is 352 g/mol. The number of carbonyl (C=O) groups excluding carboxylic acids is 1. The molecule has 1 aromatic heterocycles. The van der Waals surface area contributed by atoms with E-state index >= 15 is 0 Å². The van der Waals surface area contributed by atoms with Crippen LogP contribution in [0.2, 0.25) is 0 Å². The number of amides is 1. The highest BCUT2D eigenvalue weighted by Gasteiger charge is 2.23. The van der Waals surface area contributed by atoms with Gasteiger partial charge in [0.25, 0.3) is 0 Å². The first-order valence-electron chi connectivity index (χ1n) is 5.86. The Morgan fingerprint density at radius 1 is 1.50 bits per heavy atom. The van der Waals surface area contributed by atoms with E-state index in [1.165, 1.54) is 4.88 Å². The third-order valence-corrected chi connectivity index (χ3v) is 4.69. The van der Waals surface area contributed by atoms with E-state index in [0.29, 0.717) is 0 Å². The van der Waals surface area contributed by atoms with Crippen molar-refractivity contribution in [2.45, 2.75) is 19.4 Å². The third-order valence-electron chi connectivity index (χ3n) is 3.09. The maximum absolute atomic E-state index is 12.2. The fourth-order valence-electron chi connectivity index (χ4n) is 2.13. The standard InChI is InChI=1S/C12H17BrN2OS.ClH/c1-15(8-10-2-3-11(13)17-10)12(16)9-4-6-14-7-5-9;/h2-3,9,14H,4-8H2,1H3;1H. The quantitative estimate of drug-likeness (QED) is 0.906. The molecule has 1 fully saturated rings. The van der Waals surface area contributed by atoms with Gasteiger partial charge >= 0.3 is 0 Å². The molecular weight excluding hydrogens is 336 g/mol. The average molecular weight is 354 g/mol. The van der Waals surface area contributed by atoms with Gasteiger partial charge in [-0.25, -0.2) is 0 Å².